The molecule has 3 heterocycles. The number of aliphatic hydroxyl groups excluding tert-OH is 3. The highest BCUT2D eigenvalue weighted by molar-refractivity contribution is 7.21. The number of rotatable bonds is 7. The zero-order valence-electron chi connectivity index (χ0n) is 19.2. The minimum Gasteiger partial charge on any atom is -0.396 e. The van der Waals surface area contributed by atoms with Gasteiger partial charge in [0.15, 0.2) is 0 Å². The van der Waals surface area contributed by atoms with Crippen molar-refractivity contribution in [3.05, 3.63) is 30.0 Å². The number of hydrogen-bond donors (Lipinski definition) is 6. The van der Waals surface area contributed by atoms with E-state index in [1.54, 1.807) is 11.3 Å². The molecule has 9 nitrogen and oxygen atoms in total. The number of aliphatic hydroxyl groups is 3. The molecule has 4 unspecified atom stereocenters. The highest BCUT2D eigenvalue weighted by Gasteiger charge is 2.41. The third-order valence-electron chi connectivity index (χ3n) is 6.96. The maximum absolute atomic E-state index is 10.6. The Kier molecular flexibility index (Phi) is 6.94. The molecule has 10 heteroatoms. The summed E-state index contributed by atoms with van der Waals surface area (Å²) in [4.78, 5) is 14.4. The zero-order valence-corrected chi connectivity index (χ0v) is 20.1. The third-order valence-corrected chi connectivity index (χ3v) is 8.02. The second kappa shape index (κ2) is 10.1. The quantitative estimate of drug-likeness (QED) is 0.298. The number of aromatic nitrogens is 3. The summed E-state index contributed by atoms with van der Waals surface area (Å²) in [5.74, 6) is 1.31. The molecule has 34 heavy (non-hydrogen) atoms. The molecule has 1 saturated carbocycles. The number of nitrogens with one attached hydrogen (secondary N) is 3. The van der Waals surface area contributed by atoms with Gasteiger partial charge in [-0.15, -0.1) is 11.3 Å². The smallest absolute Gasteiger partial charge is 0.224 e. The van der Waals surface area contributed by atoms with Crippen LogP contribution in [0.25, 0.3) is 20.8 Å². The zero-order chi connectivity index (χ0) is 23.7. The lowest BCUT2D eigenvalue weighted by molar-refractivity contribution is 0.00446. The summed E-state index contributed by atoms with van der Waals surface area (Å²) in [6, 6.07) is 7.54. The summed E-state index contributed by atoms with van der Waals surface area (Å²) < 4.78 is 1.08. The van der Waals surface area contributed by atoms with Gasteiger partial charge in [-0.25, -0.2) is 9.97 Å². The molecule has 0 bridgehead atoms. The van der Waals surface area contributed by atoms with Crippen molar-refractivity contribution in [2.45, 2.75) is 44.4 Å². The Morgan fingerprint density at radius 2 is 1.88 bits per heavy atom. The first-order chi connectivity index (χ1) is 16.5. The average molecular weight is 485 g/mol. The Morgan fingerprint density at radius 3 is 2.62 bits per heavy atom. The lowest BCUT2D eigenvalue weighted by Crippen LogP contribution is -2.36. The van der Waals surface area contributed by atoms with Gasteiger partial charge in [0, 0.05) is 19.1 Å². The Bertz CT molecular complexity index is 1100. The number of hydrogen-bond acceptors (Lipinski definition) is 10. The van der Waals surface area contributed by atoms with E-state index in [4.69, 9.17) is 15.0 Å². The second-order valence-corrected chi connectivity index (χ2v) is 10.4. The molecule has 0 amide bonds. The highest BCUT2D eigenvalue weighted by Crippen LogP contribution is 2.38. The second-order valence-electron chi connectivity index (χ2n) is 9.33. The first-order valence-corrected chi connectivity index (χ1v) is 12.8. The van der Waals surface area contributed by atoms with Gasteiger partial charge >= 0.3 is 0 Å². The summed E-state index contributed by atoms with van der Waals surface area (Å²) in [7, 11) is 0. The van der Waals surface area contributed by atoms with E-state index in [-0.39, 0.29) is 12.5 Å². The van der Waals surface area contributed by atoms with E-state index >= 15 is 0 Å². The number of anilines is 2. The predicted octanol–water partition coefficient (Wildman–Crippen LogP) is 1.99. The number of thiazole rings is 1. The van der Waals surface area contributed by atoms with Gasteiger partial charge < -0.3 is 31.3 Å². The lowest BCUT2D eigenvalue weighted by Gasteiger charge is -2.24. The van der Waals surface area contributed by atoms with Crippen molar-refractivity contribution in [3.8, 4) is 10.6 Å². The molecule has 2 aliphatic rings. The van der Waals surface area contributed by atoms with E-state index in [2.05, 4.69) is 16.0 Å². The topological polar surface area (TPSA) is 135 Å². The van der Waals surface area contributed by atoms with Gasteiger partial charge in [0.05, 0.1) is 33.6 Å². The molecule has 2 fully saturated rings. The van der Waals surface area contributed by atoms with Gasteiger partial charge in [0.25, 0.3) is 0 Å². The van der Waals surface area contributed by atoms with E-state index in [0.29, 0.717) is 24.1 Å². The lowest BCUT2D eigenvalue weighted by atomic mass is 9.98. The molecule has 182 valence electrons. The monoisotopic (exact) mass is 484 g/mol. The van der Waals surface area contributed by atoms with Crippen LogP contribution in [0.5, 0.6) is 0 Å². The summed E-state index contributed by atoms with van der Waals surface area (Å²) in [5, 5.41) is 41.5. The third kappa shape index (κ3) is 4.73. The maximum atomic E-state index is 10.6. The van der Waals surface area contributed by atoms with Crippen LogP contribution in [0.15, 0.2) is 24.3 Å². The van der Waals surface area contributed by atoms with E-state index in [0.717, 1.165) is 59.0 Å². The molecule has 2 aromatic heterocycles. The molecule has 3 aromatic rings. The van der Waals surface area contributed by atoms with Crippen LogP contribution >= 0.6 is 11.3 Å². The van der Waals surface area contributed by atoms with Crippen molar-refractivity contribution >= 4 is 33.3 Å². The van der Waals surface area contributed by atoms with Gasteiger partial charge in [-0.05, 0) is 57.3 Å². The number of aryl methyl sites for hydroxylation is 1. The van der Waals surface area contributed by atoms with Crippen LogP contribution in [0.3, 0.4) is 0 Å². The average Bonchev–Trinajstić information content (AvgIpc) is 3.39. The van der Waals surface area contributed by atoms with Crippen LogP contribution < -0.4 is 16.0 Å². The van der Waals surface area contributed by atoms with Gasteiger partial charge in [-0.3, -0.25) is 0 Å². The number of piperidine rings is 1. The van der Waals surface area contributed by atoms with E-state index in [1.165, 1.54) is 0 Å². The Balaban J connectivity index is 1.47. The normalized spacial score (nSPS) is 25.6. The van der Waals surface area contributed by atoms with Crippen LogP contribution in [0.2, 0.25) is 0 Å². The SMILES string of the molecule is Cc1nc(NCC2CCNCC2)nc(NC2CC(CO)C(O)C2O)c1-c1nc2ccccc2s1. The van der Waals surface area contributed by atoms with E-state index in [9.17, 15) is 15.3 Å². The molecule has 0 radical (unpaired) electrons. The van der Waals surface area contributed by atoms with Gasteiger partial charge in [0.2, 0.25) is 5.95 Å². The molecule has 5 rings (SSSR count). The first-order valence-electron chi connectivity index (χ1n) is 12.0. The van der Waals surface area contributed by atoms with E-state index < -0.39 is 18.2 Å². The molecule has 0 spiro atoms. The molecule has 1 aromatic carbocycles. The molecule has 1 saturated heterocycles. The van der Waals surface area contributed by atoms with Crippen LogP contribution in [-0.4, -0.2) is 74.8 Å². The minimum absolute atomic E-state index is 0.174. The minimum atomic E-state index is -0.998. The van der Waals surface area contributed by atoms with Crippen LogP contribution in [0.4, 0.5) is 11.8 Å². The van der Waals surface area contributed by atoms with Crippen molar-refractivity contribution in [2.75, 3.05) is 36.9 Å². The van der Waals surface area contributed by atoms with Crippen molar-refractivity contribution in [1.29, 1.82) is 0 Å². The summed E-state index contributed by atoms with van der Waals surface area (Å²) >= 11 is 1.57. The molecule has 1 aliphatic heterocycles. The molecular weight excluding hydrogens is 452 g/mol. The van der Waals surface area contributed by atoms with E-state index in [1.807, 2.05) is 31.2 Å². The van der Waals surface area contributed by atoms with Gasteiger partial charge in [-0.2, -0.15) is 4.98 Å². The fourth-order valence-electron chi connectivity index (χ4n) is 4.94. The highest BCUT2D eigenvalue weighted by atomic mass is 32.1. The summed E-state index contributed by atoms with van der Waals surface area (Å²) in [6.07, 6.45) is 0.708. The predicted molar refractivity (Wildman–Crippen MR) is 134 cm³/mol. The van der Waals surface area contributed by atoms with Crippen molar-refractivity contribution in [1.82, 2.24) is 20.3 Å². The Hall–Kier alpha value is -2.37. The number of para-hydroxylation sites is 1. The van der Waals surface area contributed by atoms with Gasteiger partial charge in [-0.1, -0.05) is 12.1 Å². The molecule has 1 aliphatic carbocycles. The fraction of sp³-hybridized carbons (Fsp3) is 0.542. The van der Waals surface area contributed by atoms with Gasteiger partial charge in [0.1, 0.15) is 16.9 Å². The Morgan fingerprint density at radius 1 is 1.09 bits per heavy atom. The van der Waals surface area contributed by atoms with Crippen LogP contribution in [0, 0.1) is 18.8 Å². The van der Waals surface area contributed by atoms with Crippen molar-refractivity contribution in [2.24, 2.45) is 11.8 Å². The largest absolute Gasteiger partial charge is 0.396 e. The number of benzene rings is 1. The van der Waals surface area contributed by atoms with Crippen molar-refractivity contribution in [3.63, 3.8) is 0 Å². The van der Waals surface area contributed by atoms with Crippen molar-refractivity contribution < 1.29 is 15.3 Å². The number of fused-ring (bicyclic) bond motifs is 1. The first kappa shape index (κ1) is 23.4. The Labute approximate surface area is 202 Å². The van der Waals surface area contributed by atoms with Crippen LogP contribution in [0.1, 0.15) is 25.0 Å². The van der Waals surface area contributed by atoms with Crippen LogP contribution in [-0.2, 0) is 0 Å². The summed E-state index contributed by atoms with van der Waals surface area (Å²) in [5.41, 5.74) is 2.50. The maximum Gasteiger partial charge on any atom is 0.224 e. The fourth-order valence-corrected chi connectivity index (χ4v) is 6.00. The molecule has 6 N–H and O–H groups in total. The molecule has 4 atom stereocenters. The summed E-state index contributed by atoms with van der Waals surface area (Å²) in [6.45, 7) is 4.64. The standard InChI is InChI=1S/C24H32N6O3S/c1-13-19(23-29-16-4-2-3-5-18(16)34-23)22(28-17-10-15(12-31)20(32)21(17)33)30-24(27-13)26-11-14-6-8-25-9-7-14/h2-5,14-15,17,20-21,25,31-33H,6-12H2,1H3,(H2,26,27,28,30). The molecular formula is C24H32N6O3S. The number of nitrogens with zero attached hydrogens (tertiary/aromatic N) is 3.